The molecule has 3 rings (SSSR count). The lowest BCUT2D eigenvalue weighted by atomic mass is 10.1. The Bertz CT molecular complexity index is 981. The summed E-state index contributed by atoms with van der Waals surface area (Å²) >= 11 is 0. The molecule has 152 valence electrons. The molecule has 0 saturated heterocycles. The molecule has 7 heteroatoms. The van der Waals surface area contributed by atoms with Crippen LogP contribution < -0.4 is 14.5 Å². The van der Waals surface area contributed by atoms with E-state index in [-0.39, 0.29) is 6.16 Å². The van der Waals surface area contributed by atoms with Crippen LogP contribution >= 0.6 is 7.60 Å². The fourth-order valence-electron chi connectivity index (χ4n) is 3.07. The molecule has 29 heavy (non-hydrogen) atoms. The van der Waals surface area contributed by atoms with Crippen molar-refractivity contribution in [1.82, 2.24) is 0 Å². The molecule has 2 N–H and O–H groups in total. The minimum atomic E-state index is -4.10. The maximum absolute atomic E-state index is 11.3. The zero-order valence-corrected chi connectivity index (χ0v) is 17.6. The second-order valence-corrected chi connectivity index (χ2v) is 8.58. The zero-order chi connectivity index (χ0) is 21.0. The molecule has 0 saturated carbocycles. The average Bonchev–Trinajstić information content (AvgIpc) is 2.69. The largest absolute Gasteiger partial charge is 0.497 e. The van der Waals surface area contributed by atoms with E-state index in [9.17, 15) is 14.4 Å². The van der Waals surface area contributed by atoms with Crippen molar-refractivity contribution in [3.63, 3.8) is 0 Å². The van der Waals surface area contributed by atoms with E-state index >= 15 is 0 Å². The first-order valence-corrected chi connectivity index (χ1v) is 10.9. The van der Waals surface area contributed by atoms with Gasteiger partial charge in [-0.15, -0.1) is 0 Å². The number of nitrogens with zero attached hydrogens (tertiary/aromatic N) is 2. The summed E-state index contributed by atoms with van der Waals surface area (Å²) in [5.41, 5.74) is 4.51. The van der Waals surface area contributed by atoms with Gasteiger partial charge in [-0.25, -0.2) is 0 Å². The van der Waals surface area contributed by atoms with Crippen LogP contribution in [-0.4, -0.2) is 31.0 Å². The highest BCUT2D eigenvalue weighted by molar-refractivity contribution is 7.50. The van der Waals surface area contributed by atoms with Gasteiger partial charge in [0.05, 0.1) is 13.3 Å². The smallest absolute Gasteiger partial charge is 0.329 e. The fraction of sp³-hybridized carbons (Fsp3) is 0.182. The topological polar surface area (TPSA) is 73.2 Å². The van der Waals surface area contributed by atoms with Gasteiger partial charge in [0.25, 0.3) is 0 Å². The van der Waals surface area contributed by atoms with Crippen LogP contribution in [0.1, 0.15) is 5.56 Å². The van der Waals surface area contributed by atoms with E-state index in [1.54, 1.807) is 19.2 Å². The van der Waals surface area contributed by atoms with E-state index in [1.807, 2.05) is 79.7 Å². The van der Waals surface area contributed by atoms with Crippen LogP contribution in [0.3, 0.4) is 0 Å². The SMILES string of the molecule is COc1ccc(N(c2ccc(CP(=O)(O)O)cc2)c2ccc(N(C)C)cc2)cc1. The van der Waals surface area contributed by atoms with Crippen molar-refractivity contribution in [2.24, 2.45) is 0 Å². The van der Waals surface area contributed by atoms with Crippen LogP contribution in [0.15, 0.2) is 72.8 Å². The summed E-state index contributed by atoms with van der Waals surface area (Å²) in [5.74, 6) is 0.772. The summed E-state index contributed by atoms with van der Waals surface area (Å²) in [6.07, 6.45) is -0.270. The van der Waals surface area contributed by atoms with Crippen LogP contribution in [0.25, 0.3) is 0 Å². The van der Waals surface area contributed by atoms with E-state index in [1.165, 1.54) is 0 Å². The van der Waals surface area contributed by atoms with Gasteiger partial charge in [-0.3, -0.25) is 4.57 Å². The maximum Gasteiger partial charge on any atom is 0.329 e. The van der Waals surface area contributed by atoms with Gasteiger partial charge in [0.1, 0.15) is 5.75 Å². The molecule has 0 aliphatic rings. The van der Waals surface area contributed by atoms with E-state index in [4.69, 9.17) is 4.74 Å². The molecule has 0 fully saturated rings. The summed E-state index contributed by atoms with van der Waals surface area (Å²) in [6.45, 7) is 0. The predicted octanol–water partition coefficient (Wildman–Crippen LogP) is 4.91. The number of benzene rings is 3. The number of ether oxygens (including phenoxy) is 1. The molecule has 3 aromatic rings. The average molecular weight is 412 g/mol. The fourth-order valence-corrected chi connectivity index (χ4v) is 3.75. The van der Waals surface area contributed by atoms with Crippen molar-refractivity contribution in [2.75, 3.05) is 31.0 Å². The number of hydrogen-bond donors (Lipinski definition) is 2. The quantitative estimate of drug-likeness (QED) is 0.538. The van der Waals surface area contributed by atoms with Crippen molar-refractivity contribution < 1.29 is 19.1 Å². The highest BCUT2D eigenvalue weighted by atomic mass is 31.2. The standard InChI is InChI=1S/C22H25N2O4P/c1-23(2)18-8-10-20(11-9-18)24(21-12-14-22(28-3)15-13-21)19-6-4-17(5-7-19)16-29(25,26)27/h4-15H,16H2,1-3H3,(H2,25,26,27). The molecular formula is C22H25N2O4P. The van der Waals surface area contributed by atoms with Crippen LogP contribution in [0.2, 0.25) is 0 Å². The summed E-state index contributed by atoms with van der Waals surface area (Å²) in [6, 6.07) is 23.2. The molecular weight excluding hydrogens is 387 g/mol. The first kappa shape index (κ1) is 20.9. The van der Waals surface area contributed by atoms with Gasteiger partial charge < -0.3 is 24.3 Å². The van der Waals surface area contributed by atoms with E-state index < -0.39 is 7.60 Å². The second-order valence-electron chi connectivity index (χ2n) is 6.93. The molecule has 0 amide bonds. The molecule has 0 heterocycles. The van der Waals surface area contributed by atoms with Crippen LogP contribution in [-0.2, 0) is 10.7 Å². The lowest BCUT2D eigenvalue weighted by Gasteiger charge is -2.26. The Labute approximate surface area is 171 Å². The number of methoxy groups -OCH3 is 1. The van der Waals surface area contributed by atoms with Crippen molar-refractivity contribution in [3.05, 3.63) is 78.4 Å². The summed E-state index contributed by atoms with van der Waals surface area (Å²) < 4.78 is 16.5. The molecule has 0 atom stereocenters. The Morgan fingerprint density at radius 3 is 1.59 bits per heavy atom. The van der Waals surface area contributed by atoms with Gasteiger partial charge in [-0.05, 0) is 66.2 Å². The lowest BCUT2D eigenvalue weighted by molar-refractivity contribution is 0.371. The van der Waals surface area contributed by atoms with Gasteiger partial charge in [-0.2, -0.15) is 0 Å². The molecule has 0 aliphatic carbocycles. The predicted molar refractivity (Wildman–Crippen MR) is 118 cm³/mol. The van der Waals surface area contributed by atoms with Gasteiger partial charge in [-0.1, -0.05) is 12.1 Å². The van der Waals surface area contributed by atoms with Crippen LogP contribution in [0, 0.1) is 0 Å². The van der Waals surface area contributed by atoms with Crippen molar-refractivity contribution in [1.29, 1.82) is 0 Å². The van der Waals surface area contributed by atoms with Gasteiger partial charge in [0.2, 0.25) is 0 Å². The lowest BCUT2D eigenvalue weighted by Crippen LogP contribution is -2.11. The van der Waals surface area contributed by atoms with Crippen molar-refractivity contribution in [3.8, 4) is 5.75 Å². The molecule has 0 unspecified atom stereocenters. The number of hydrogen-bond acceptors (Lipinski definition) is 4. The summed E-state index contributed by atoms with van der Waals surface area (Å²) in [7, 11) is 1.52. The molecule has 0 bridgehead atoms. The minimum Gasteiger partial charge on any atom is -0.497 e. The molecule has 3 aromatic carbocycles. The third-order valence-corrected chi connectivity index (χ3v) is 5.32. The Morgan fingerprint density at radius 1 is 0.759 bits per heavy atom. The van der Waals surface area contributed by atoms with Gasteiger partial charge >= 0.3 is 7.60 Å². The van der Waals surface area contributed by atoms with Gasteiger partial charge in [0, 0.05) is 36.8 Å². The Morgan fingerprint density at radius 2 is 1.17 bits per heavy atom. The molecule has 0 aliphatic heterocycles. The van der Waals surface area contributed by atoms with E-state index in [2.05, 4.69) is 4.90 Å². The Balaban J connectivity index is 2.01. The molecule has 6 nitrogen and oxygen atoms in total. The zero-order valence-electron chi connectivity index (χ0n) is 16.7. The van der Waals surface area contributed by atoms with E-state index in [0.29, 0.717) is 5.56 Å². The third kappa shape index (κ3) is 5.39. The molecule has 0 spiro atoms. The van der Waals surface area contributed by atoms with Gasteiger partial charge in [0.15, 0.2) is 0 Å². The second kappa shape index (κ2) is 8.70. The minimum absolute atomic E-state index is 0.270. The maximum atomic E-state index is 11.3. The van der Waals surface area contributed by atoms with Crippen molar-refractivity contribution >= 4 is 30.3 Å². The summed E-state index contributed by atoms with van der Waals surface area (Å²) in [5, 5.41) is 0. The molecule has 0 radical (unpaired) electrons. The highest BCUT2D eigenvalue weighted by Crippen LogP contribution is 2.40. The van der Waals surface area contributed by atoms with Crippen LogP contribution in [0.4, 0.5) is 22.7 Å². The van der Waals surface area contributed by atoms with Crippen molar-refractivity contribution in [2.45, 2.75) is 6.16 Å². The number of rotatable bonds is 7. The monoisotopic (exact) mass is 412 g/mol. The first-order valence-electron chi connectivity index (χ1n) is 9.12. The normalized spacial score (nSPS) is 11.2. The van der Waals surface area contributed by atoms with Crippen LogP contribution in [0.5, 0.6) is 5.75 Å². The first-order chi connectivity index (χ1) is 13.8. The Hall–Kier alpha value is -2.79. The number of anilines is 4. The highest BCUT2D eigenvalue weighted by Gasteiger charge is 2.16. The Kier molecular flexibility index (Phi) is 6.28. The summed E-state index contributed by atoms with van der Waals surface area (Å²) in [4.78, 5) is 22.5. The van der Waals surface area contributed by atoms with E-state index in [0.717, 1.165) is 28.5 Å². The third-order valence-electron chi connectivity index (χ3n) is 4.54. The molecule has 0 aromatic heterocycles.